The smallest absolute Gasteiger partial charge is 0.166 e. The number of hydrogen-bond donors (Lipinski definition) is 0. The lowest BCUT2D eigenvalue weighted by atomic mass is 10.2. The highest BCUT2D eigenvalue weighted by Crippen LogP contribution is 2.33. The van der Waals surface area contributed by atoms with Crippen LogP contribution in [0.4, 0.5) is 0 Å². The van der Waals surface area contributed by atoms with Gasteiger partial charge in [-0.2, -0.15) is 0 Å². The summed E-state index contributed by atoms with van der Waals surface area (Å²) in [5.41, 5.74) is 3.53. The summed E-state index contributed by atoms with van der Waals surface area (Å²) < 4.78 is 7.76. The van der Waals surface area contributed by atoms with E-state index in [9.17, 15) is 4.79 Å². The molecular formula is C22H16Cl2N2O2. The van der Waals surface area contributed by atoms with Gasteiger partial charge in [-0.15, -0.1) is 0 Å². The van der Waals surface area contributed by atoms with Crippen LogP contribution in [0.5, 0.6) is 5.75 Å². The number of ether oxygens (including phenoxy) is 1. The lowest BCUT2D eigenvalue weighted by Crippen LogP contribution is -2.04. The van der Waals surface area contributed by atoms with Gasteiger partial charge in [-0.1, -0.05) is 41.4 Å². The van der Waals surface area contributed by atoms with E-state index in [0.29, 0.717) is 32.7 Å². The average molecular weight is 411 g/mol. The SMILES string of the molecule is Cc1ccc2cccc(OCc3c(Cl)ccc(-n4cccc4C=O)c3Cl)c2n1. The van der Waals surface area contributed by atoms with Crippen molar-refractivity contribution < 1.29 is 9.53 Å². The molecule has 28 heavy (non-hydrogen) atoms. The fourth-order valence-electron chi connectivity index (χ4n) is 3.10. The number of carbonyl (C=O) groups is 1. The lowest BCUT2D eigenvalue weighted by molar-refractivity contribution is 0.111. The number of fused-ring (bicyclic) bond motifs is 1. The van der Waals surface area contributed by atoms with Gasteiger partial charge < -0.3 is 9.30 Å². The number of pyridine rings is 1. The van der Waals surface area contributed by atoms with Crippen LogP contribution in [0.25, 0.3) is 16.6 Å². The molecule has 2 heterocycles. The lowest BCUT2D eigenvalue weighted by Gasteiger charge is -2.15. The summed E-state index contributed by atoms with van der Waals surface area (Å²) in [4.78, 5) is 15.8. The molecule has 4 aromatic rings. The number of carbonyl (C=O) groups excluding carboxylic acids is 1. The van der Waals surface area contributed by atoms with E-state index in [1.807, 2.05) is 37.3 Å². The molecule has 0 radical (unpaired) electrons. The summed E-state index contributed by atoms with van der Waals surface area (Å²) in [6.45, 7) is 2.12. The van der Waals surface area contributed by atoms with E-state index in [-0.39, 0.29) is 6.61 Å². The van der Waals surface area contributed by atoms with E-state index in [2.05, 4.69) is 4.98 Å². The van der Waals surface area contributed by atoms with E-state index in [1.165, 1.54) is 0 Å². The molecule has 140 valence electrons. The largest absolute Gasteiger partial charge is 0.487 e. The average Bonchev–Trinajstić information content (AvgIpc) is 3.16. The minimum atomic E-state index is 0.179. The molecule has 0 N–H and O–H groups in total. The number of aldehydes is 1. The number of halogens is 2. The Morgan fingerprint density at radius 1 is 1.07 bits per heavy atom. The Balaban J connectivity index is 1.70. The van der Waals surface area contributed by atoms with Crippen molar-refractivity contribution in [2.24, 2.45) is 0 Å². The van der Waals surface area contributed by atoms with Crippen molar-refractivity contribution >= 4 is 40.4 Å². The van der Waals surface area contributed by atoms with Gasteiger partial charge in [0.15, 0.2) is 6.29 Å². The van der Waals surface area contributed by atoms with Crippen LogP contribution in [-0.2, 0) is 6.61 Å². The van der Waals surface area contributed by atoms with Crippen molar-refractivity contribution in [2.75, 3.05) is 0 Å². The van der Waals surface area contributed by atoms with E-state index in [1.54, 1.807) is 35.0 Å². The molecular weight excluding hydrogens is 395 g/mol. The molecule has 0 aliphatic heterocycles. The van der Waals surface area contributed by atoms with E-state index in [0.717, 1.165) is 22.9 Å². The van der Waals surface area contributed by atoms with Gasteiger partial charge in [0.2, 0.25) is 0 Å². The molecule has 0 amide bonds. The second-order valence-corrected chi connectivity index (χ2v) is 7.13. The second-order valence-electron chi connectivity index (χ2n) is 6.35. The van der Waals surface area contributed by atoms with Gasteiger partial charge in [-0.05, 0) is 43.3 Å². The summed E-state index contributed by atoms with van der Waals surface area (Å²) in [6.07, 6.45) is 2.56. The summed E-state index contributed by atoms with van der Waals surface area (Å²) >= 11 is 13.0. The Morgan fingerprint density at radius 3 is 2.75 bits per heavy atom. The van der Waals surface area contributed by atoms with Gasteiger partial charge in [0.25, 0.3) is 0 Å². The number of nitrogens with zero attached hydrogens (tertiary/aromatic N) is 2. The minimum Gasteiger partial charge on any atom is -0.487 e. The van der Waals surface area contributed by atoms with Crippen LogP contribution in [0.2, 0.25) is 10.0 Å². The Kier molecular flexibility index (Phi) is 5.07. The predicted molar refractivity (Wildman–Crippen MR) is 112 cm³/mol. The standard InChI is InChI=1S/C22H16Cl2N2O2/c1-14-7-8-15-4-2-6-20(22(15)25-14)28-13-17-18(23)9-10-19(21(17)24)26-11-3-5-16(26)12-27/h2-12H,13H2,1H3. The Hall–Kier alpha value is -2.82. The summed E-state index contributed by atoms with van der Waals surface area (Å²) in [6, 6.07) is 16.8. The van der Waals surface area contributed by atoms with Crippen LogP contribution >= 0.6 is 23.2 Å². The van der Waals surface area contributed by atoms with Gasteiger partial charge in [-0.3, -0.25) is 4.79 Å². The molecule has 2 aromatic heterocycles. The molecule has 0 saturated carbocycles. The first-order valence-electron chi connectivity index (χ1n) is 8.67. The van der Waals surface area contributed by atoms with Gasteiger partial charge in [0.1, 0.15) is 17.9 Å². The first-order chi connectivity index (χ1) is 13.6. The monoisotopic (exact) mass is 410 g/mol. The molecule has 0 fully saturated rings. The van der Waals surface area contributed by atoms with E-state index < -0.39 is 0 Å². The van der Waals surface area contributed by atoms with Crippen molar-refractivity contribution in [3.05, 3.63) is 87.8 Å². The second kappa shape index (κ2) is 7.66. The number of para-hydroxylation sites is 1. The third kappa shape index (κ3) is 3.37. The first kappa shape index (κ1) is 18.5. The van der Waals surface area contributed by atoms with E-state index in [4.69, 9.17) is 27.9 Å². The Labute approximate surface area is 172 Å². The molecule has 0 unspecified atom stereocenters. The number of hydrogen-bond acceptors (Lipinski definition) is 3. The summed E-state index contributed by atoms with van der Waals surface area (Å²) in [5.74, 6) is 0.660. The molecule has 0 bridgehead atoms. The van der Waals surface area contributed by atoms with Crippen molar-refractivity contribution in [3.63, 3.8) is 0 Å². The number of benzene rings is 2. The van der Waals surface area contributed by atoms with Crippen molar-refractivity contribution in [1.82, 2.24) is 9.55 Å². The van der Waals surface area contributed by atoms with Crippen LogP contribution in [0.15, 0.2) is 60.8 Å². The molecule has 4 nitrogen and oxygen atoms in total. The van der Waals surface area contributed by atoms with E-state index >= 15 is 0 Å². The zero-order chi connectivity index (χ0) is 19.7. The van der Waals surface area contributed by atoms with Crippen molar-refractivity contribution in [2.45, 2.75) is 13.5 Å². The van der Waals surface area contributed by atoms with Crippen LogP contribution in [0.1, 0.15) is 21.7 Å². The number of aryl methyl sites for hydroxylation is 1. The van der Waals surface area contributed by atoms with Gasteiger partial charge >= 0.3 is 0 Å². The topological polar surface area (TPSA) is 44.1 Å². The molecule has 0 atom stereocenters. The molecule has 0 aliphatic carbocycles. The quantitative estimate of drug-likeness (QED) is 0.377. The van der Waals surface area contributed by atoms with Crippen LogP contribution in [-0.4, -0.2) is 15.8 Å². The maximum atomic E-state index is 11.3. The normalized spacial score (nSPS) is 11.0. The molecule has 0 spiro atoms. The first-order valence-corrected chi connectivity index (χ1v) is 9.43. The molecule has 4 rings (SSSR count). The fraction of sp³-hybridized carbons (Fsp3) is 0.0909. The van der Waals surface area contributed by atoms with Gasteiger partial charge in [0, 0.05) is 27.9 Å². The van der Waals surface area contributed by atoms with Crippen LogP contribution in [0.3, 0.4) is 0 Å². The molecule has 6 heteroatoms. The Morgan fingerprint density at radius 2 is 1.93 bits per heavy atom. The maximum absolute atomic E-state index is 11.3. The van der Waals surface area contributed by atoms with Crippen molar-refractivity contribution in [3.8, 4) is 11.4 Å². The molecule has 2 aromatic carbocycles. The zero-order valence-corrected chi connectivity index (χ0v) is 16.5. The highest BCUT2D eigenvalue weighted by Gasteiger charge is 2.15. The van der Waals surface area contributed by atoms with Gasteiger partial charge in [0.05, 0.1) is 16.4 Å². The van der Waals surface area contributed by atoms with Crippen LogP contribution in [0, 0.1) is 6.92 Å². The van der Waals surface area contributed by atoms with Gasteiger partial charge in [-0.25, -0.2) is 4.98 Å². The highest BCUT2D eigenvalue weighted by molar-refractivity contribution is 6.37. The zero-order valence-electron chi connectivity index (χ0n) is 15.0. The summed E-state index contributed by atoms with van der Waals surface area (Å²) in [5, 5.41) is 1.94. The highest BCUT2D eigenvalue weighted by atomic mass is 35.5. The minimum absolute atomic E-state index is 0.179. The summed E-state index contributed by atoms with van der Waals surface area (Å²) in [7, 11) is 0. The number of aromatic nitrogens is 2. The third-order valence-corrected chi connectivity index (χ3v) is 5.30. The predicted octanol–water partition coefficient (Wildman–Crippen LogP) is 6.03. The number of rotatable bonds is 5. The van der Waals surface area contributed by atoms with Crippen molar-refractivity contribution in [1.29, 1.82) is 0 Å². The Bertz CT molecular complexity index is 1180. The fourth-order valence-corrected chi connectivity index (χ4v) is 3.67. The molecule has 0 aliphatic rings. The maximum Gasteiger partial charge on any atom is 0.166 e. The van der Waals surface area contributed by atoms with Crippen LogP contribution < -0.4 is 4.74 Å². The molecule has 0 saturated heterocycles. The third-order valence-electron chi connectivity index (χ3n) is 4.52.